The van der Waals surface area contributed by atoms with Crippen molar-refractivity contribution in [1.29, 1.82) is 5.41 Å². The Bertz CT molecular complexity index is 678. The van der Waals surface area contributed by atoms with Crippen LogP contribution >= 0.6 is 0 Å². The molecule has 1 aliphatic heterocycles. The molecule has 0 amide bonds. The average Bonchev–Trinajstić information content (AvgIpc) is 2.95. The third-order valence-corrected chi connectivity index (χ3v) is 4.52. The molecule has 0 aliphatic carbocycles. The quantitative estimate of drug-likeness (QED) is 0.672. The third-order valence-electron chi connectivity index (χ3n) is 4.52. The predicted molar refractivity (Wildman–Crippen MR) is 87.9 cm³/mol. The molecule has 4 heteroatoms. The minimum Gasteiger partial charge on any atom is -0.384 e. The number of nitrogens with two attached hydrogens (primary N) is 1. The molecule has 2 aromatic rings. The molecule has 110 valence electrons. The lowest BCUT2D eigenvalue weighted by atomic mass is 9.95. The van der Waals surface area contributed by atoms with Gasteiger partial charge in [-0.2, -0.15) is 0 Å². The summed E-state index contributed by atoms with van der Waals surface area (Å²) in [5.41, 5.74) is 8.58. The monoisotopic (exact) mass is 282 g/mol. The van der Waals surface area contributed by atoms with Crippen molar-refractivity contribution in [3.8, 4) is 0 Å². The highest BCUT2D eigenvalue weighted by atomic mass is 15.2. The van der Waals surface area contributed by atoms with E-state index in [1.54, 1.807) is 6.20 Å². The van der Waals surface area contributed by atoms with Crippen LogP contribution in [0.25, 0.3) is 10.9 Å². The molecule has 1 unspecified atom stereocenters. The van der Waals surface area contributed by atoms with E-state index >= 15 is 0 Å². The van der Waals surface area contributed by atoms with Crippen LogP contribution in [0.2, 0.25) is 0 Å². The Hall–Kier alpha value is -2.10. The molecule has 1 aromatic carbocycles. The Morgan fingerprint density at radius 1 is 1.38 bits per heavy atom. The number of nitrogens with one attached hydrogen (secondary N) is 1. The van der Waals surface area contributed by atoms with Crippen molar-refractivity contribution in [1.82, 2.24) is 4.98 Å². The van der Waals surface area contributed by atoms with Crippen molar-refractivity contribution < 1.29 is 0 Å². The molecule has 21 heavy (non-hydrogen) atoms. The van der Waals surface area contributed by atoms with Gasteiger partial charge < -0.3 is 10.6 Å². The van der Waals surface area contributed by atoms with Gasteiger partial charge in [-0.15, -0.1) is 0 Å². The number of pyridine rings is 1. The Labute approximate surface area is 125 Å². The Balaban J connectivity index is 2.11. The zero-order chi connectivity index (χ0) is 15.0. The number of aromatic nitrogens is 1. The molecular formula is C17H22N4. The van der Waals surface area contributed by atoms with E-state index in [-0.39, 0.29) is 5.84 Å². The summed E-state index contributed by atoms with van der Waals surface area (Å²) in [4.78, 5) is 6.82. The summed E-state index contributed by atoms with van der Waals surface area (Å²) in [7, 11) is 0. The molecule has 2 heterocycles. The standard InChI is InChI=1S/C17H22N4/c1-11(2)12-7-8-21(10-12)16-13-5-3-4-6-15(13)20-9-14(16)17(18)19/h3-6,9,11-12H,7-8,10H2,1-2H3,(H3,18,19). The van der Waals surface area contributed by atoms with Crippen molar-refractivity contribution >= 4 is 22.4 Å². The van der Waals surface area contributed by atoms with Gasteiger partial charge in [-0.05, 0) is 24.3 Å². The van der Waals surface area contributed by atoms with Gasteiger partial charge in [0.25, 0.3) is 0 Å². The van der Waals surface area contributed by atoms with Gasteiger partial charge >= 0.3 is 0 Å². The summed E-state index contributed by atoms with van der Waals surface area (Å²) in [5, 5.41) is 8.95. The van der Waals surface area contributed by atoms with Crippen LogP contribution in [0.15, 0.2) is 30.5 Å². The van der Waals surface area contributed by atoms with Gasteiger partial charge in [-0.1, -0.05) is 32.0 Å². The lowest BCUT2D eigenvalue weighted by Gasteiger charge is -2.24. The largest absolute Gasteiger partial charge is 0.384 e. The first kappa shape index (κ1) is 13.9. The maximum Gasteiger partial charge on any atom is 0.126 e. The van der Waals surface area contributed by atoms with Crippen molar-refractivity contribution in [2.75, 3.05) is 18.0 Å². The highest BCUT2D eigenvalue weighted by molar-refractivity contribution is 6.07. The number of fused-ring (bicyclic) bond motifs is 1. The molecule has 3 N–H and O–H groups in total. The second kappa shape index (κ2) is 5.35. The number of para-hydroxylation sites is 1. The number of anilines is 1. The van der Waals surface area contributed by atoms with Crippen LogP contribution < -0.4 is 10.6 Å². The summed E-state index contributed by atoms with van der Waals surface area (Å²) >= 11 is 0. The SMILES string of the molecule is CC(C)C1CCN(c2c(C(=N)N)cnc3ccccc23)C1. The third kappa shape index (κ3) is 2.46. The van der Waals surface area contributed by atoms with Gasteiger partial charge in [-0.25, -0.2) is 0 Å². The van der Waals surface area contributed by atoms with E-state index < -0.39 is 0 Å². The van der Waals surface area contributed by atoms with Gasteiger partial charge in [0.2, 0.25) is 0 Å². The smallest absolute Gasteiger partial charge is 0.126 e. The number of hydrogen-bond acceptors (Lipinski definition) is 3. The van der Waals surface area contributed by atoms with E-state index in [2.05, 4.69) is 29.8 Å². The lowest BCUT2D eigenvalue weighted by Crippen LogP contribution is -2.25. The second-order valence-electron chi connectivity index (χ2n) is 6.19. The molecule has 0 radical (unpaired) electrons. The summed E-state index contributed by atoms with van der Waals surface area (Å²) in [6, 6.07) is 8.10. The normalized spacial score (nSPS) is 18.6. The molecular weight excluding hydrogens is 260 g/mol. The van der Waals surface area contributed by atoms with Gasteiger partial charge in [0.1, 0.15) is 5.84 Å². The van der Waals surface area contributed by atoms with Crippen molar-refractivity contribution in [3.63, 3.8) is 0 Å². The lowest BCUT2D eigenvalue weighted by molar-refractivity contribution is 0.423. The van der Waals surface area contributed by atoms with Crippen LogP contribution in [-0.4, -0.2) is 23.9 Å². The summed E-state index contributed by atoms with van der Waals surface area (Å²) in [6.45, 7) is 6.62. The van der Waals surface area contributed by atoms with Crippen LogP contribution in [0.1, 0.15) is 25.8 Å². The van der Waals surface area contributed by atoms with Crippen LogP contribution in [0.3, 0.4) is 0 Å². The fourth-order valence-corrected chi connectivity index (χ4v) is 3.20. The van der Waals surface area contributed by atoms with Crippen molar-refractivity contribution in [2.24, 2.45) is 17.6 Å². The van der Waals surface area contributed by atoms with E-state index in [9.17, 15) is 0 Å². The van der Waals surface area contributed by atoms with Gasteiger partial charge in [-0.3, -0.25) is 10.4 Å². The number of benzene rings is 1. The Morgan fingerprint density at radius 3 is 2.81 bits per heavy atom. The zero-order valence-corrected chi connectivity index (χ0v) is 12.6. The van der Waals surface area contributed by atoms with Crippen molar-refractivity contribution in [3.05, 3.63) is 36.0 Å². The van der Waals surface area contributed by atoms with E-state index in [0.29, 0.717) is 11.8 Å². The van der Waals surface area contributed by atoms with E-state index in [4.69, 9.17) is 11.1 Å². The maximum atomic E-state index is 7.86. The van der Waals surface area contributed by atoms with Gasteiger partial charge in [0.05, 0.1) is 16.8 Å². The van der Waals surface area contributed by atoms with Crippen LogP contribution in [-0.2, 0) is 0 Å². The highest BCUT2D eigenvalue weighted by Gasteiger charge is 2.28. The molecule has 3 rings (SSSR count). The first-order chi connectivity index (χ1) is 10.1. The second-order valence-corrected chi connectivity index (χ2v) is 6.19. The molecule has 0 bridgehead atoms. The van der Waals surface area contributed by atoms with Gasteiger partial charge in [0, 0.05) is 24.7 Å². The Kier molecular flexibility index (Phi) is 3.53. The zero-order valence-electron chi connectivity index (χ0n) is 12.6. The van der Waals surface area contributed by atoms with E-state index in [0.717, 1.165) is 35.2 Å². The number of nitrogen functional groups attached to an aromatic ring is 1. The highest BCUT2D eigenvalue weighted by Crippen LogP contribution is 2.34. The molecule has 0 saturated carbocycles. The molecule has 1 aromatic heterocycles. The first-order valence-corrected chi connectivity index (χ1v) is 7.55. The number of rotatable bonds is 3. The number of nitrogens with zero attached hydrogens (tertiary/aromatic N) is 2. The number of hydrogen-bond donors (Lipinski definition) is 2. The molecule has 1 fully saturated rings. The molecule has 0 spiro atoms. The molecule has 1 saturated heterocycles. The van der Waals surface area contributed by atoms with E-state index in [1.165, 1.54) is 6.42 Å². The fraction of sp³-hybridized carbons (Fsp3) is 0.412. The fourth-order valence-electron chi connectivity index (χ4n) is 3.20. The number of amidine groups is 1. The topological polar surface area (TPSA) is 66.0 Å². The summed E-state index contributed by atoms with van der Waals surface area (Å²) in [5.74, 6) is 1.48. The average molecular weight is 282 g/mol. The molecule has 1 atom stereocenters. The predicted octanol–water partition coefficient (Wildman–Crippen LogP) is 3.00. The van der Waals surface area contributed by atoms with Crippen LogP contribution in [0.5, 0.6) is 0 Å². The van der Waals surface area contributed by atoms with Gasteiger partial charge in [0.15, 0.2) is 0 Å². The summed E-state index contributed by atoms with van der Waals surface area (Å²) < 4.78 is 0. The molecule has 4 nitrogen and oxygen atoms in total. The minimum absolute atomic E-state index is 0.0938. The van der Waals surface area contributed by atoms with Crippen molar-refractivity contribution in [2.45, 2.75) is 20.3 Å². The van der Waals surface area contributed by atoms with Crippen LogP contribution in [0.4, 0.5) is 5.69 Å². The van der Waals surface area contributed by atoms with E-state index in [1.807, 2.05) is 18.2 Å². The maximum absolute atomic E-state index is 7.86. The first-order valence-electron chi connectivity index (χ1n) is 7.55. The minimum atomic E-state index is 0.0938. The summed E-state index contributed by atoms with van der Waals surface area (Å²) in [6.07, 6.45) is 2.94. The van der Waals surface area contributed by atoms with Crippen LogP contribution in [0, 0.1) is 17.2 Å². The molecule has 1 aliphatic rings. The Morgan fingerprint density at radius 2 is 2.14 bits per heavy atom.